The normalized spacial score (nSPS) is 12.8. The van der Waals surface area contributed by atoms with E-state index in [1.807, 2.05) is 18.4 Å². The van der Waals surface area contributed by atoms with Gasteiger partial charge in [-0.3, -0.25) is 0 Å². The molecule has 0 saturated carbocycles. The van der Waals surface area contributed by atoms with E-state index in [1.165, 1.54) is 17.4 Å². The molecule has 0 aliphatic heterocycles. The summed E-state index contributed by atoms with van der Waals surface area (Å²) >= 11 is 1.50. The summed E-state index contributed by atoms with van der Waals surface area (Å²) in [6.07, 6.45) is 1.70. The first-order valence-electron chi connectivity index (χ1n) is 6.34. The van der Waals surface area contributed by atoms with Crippen molar-refractivity contribution in [1.29, 1.82) is 5.26 Å². The minimum absolute atomic E-state index is 0.000712. The van der Waals surface area contributed by atoms with Crippen LogP contribution in [-0.4, -0.2) is 19.9 Å². The number of hydrogen-bond acceptors (Lipinski definition) is 5. The third-order valence-corrected chi connectivity index (χ3v) is 5.63. The van der Waals surface area contributed by atoms with Crippen molar-refractivity contribution in [3.05, 3.63) is 45.9 Å². The van der Waals surface area contributed by atoms with Gasteiger partial charge < -0.3 is 0 Å². The number of thiazole rings is 1. The van der Waals surface area contributed by atoms with Gasteiger partial charge in [0.1, 0.15) is 0 Å². The summed E-state index contributed by atoms with van der Waals surface area (Å²) in [6.45, 7) is 3.89. The summed E-state index contributed by atoms with van der Waals surface area (Å²) in [5.41, 5.74) is 0.942. The predicted octanol–water partition coefficient (Wildman–Crippen LogP) is 2.41. The van der Waals surface area contributed by atoms with Crippen LogP contribution in [0.1, 0.15) is 29.0 Å². The van der Waals surface area contributed by atoms with Crippen molar-refractivity contribution in [3.63, 3.8) is 0 Å². The first-order valence-corrected chi connectivity index (χ1v) is 8.70. The minimum atomic E-state index is -3.63. The van der Waals surface area contributed by atoms with E-state index < -0.39 is 10.0 Å². The fraction of sp³-hybridized carbons (Fsp3) is 0.286. The van der Waals surface area contributed by atoms with Crippen LogP contribution < -0.4 is 4.72 Å². The molecule has 2 rings (SSSR count). The second kappa shape index (κ2) is 6.35. The van der Waals surface area contributed by atoms with Gasteiger partial charge >= 0.3 is 0 Å². The Bertz CT molecular complexity index is 762. The number of nitrogens with zero attached hydrogens (tertiary/aromatic N) is 2. The number of nitriles is 1. The standard InChI is InChI=1S/C14H15N3O2S2/c1-10-3-4-12(8-15)7-13(10)21(18,19)17-9-11(2)14-16-5-6-20-14/h3-7,11,17H,9H2,1-2H3. The highest BCUT2D eigenvalue weighted by Gasteiger charge is 2.19. The molecule has 1 N–H and O–H groups in total. The van der Waals surface area contributed by atoms with Gasteiger partial charge in [-0.2, -0.15) is 5.26 Å². The van der Waals surface area contributed by atoms with Crippen molar-refractivity contribution in [1.82, 2.24) is 9.71 Å². The van der Waals surface area contributed by atoms with Crippen LogP contribution in [0.25, 0.3) is 0 Å². The van der Waals surface area contributed by atoms with Crippen LogP contribution in [0.4, 0.5) is 0 Å². The first kappa shape index (κ1) is 15.6. The summed E-state index contributed by atoms with van der Waals surface area (Å²) < 4.78 is 27.3. The van der Waals surface area contributed by atoms with Crippen LogP contribution in [0.5, 0.6) is 0 Å². The molecular formula is C14H15N3O2S2. The van der Waals surface area contributed by atoms with Crippen LogP contribution in [0.3, 0.4) is 0 Å². The Balaban J connectivity index is 2.17. The van der Waals surface area contributed by atoms with Crippen molar-refractivity contribution in [2.45, 2.75) is 24.7 Å². The second-order valence-corrected chi connectivity index (χ2v) is 7.38. The zero-order chi connectivity index (χ0) is 15.5. The van der Waals surface area contributed by atoms with E-state index >= 15 is 0 Å². The largest absolute Gasteiger partial charge is 0.249 e. The Hall–Kier alpha value is -1.75. The van der Waals surface area contributed by atoms with Crippen LogP contribution in [-0.2, 0) is 10.0 Å². The van der Waals surface area contributed by atoms with Crippen molar-refractivity contribution in [2.75, 3.05) is 6.54 Å². The zero-order valence-electron chi connectivity index (χ0n) is 11.7. The van der Waals surface area contributed by atoms with Crippen LogP contribution in [0.15, 0.2) is 34.7 Å². The summed E-state index contributed by atoms with van der Waals surface area (Å²) in [5, 5.41) is 11.6. The molecule has 0 saturated heterocycles. The van der Waals surface area contributed by atoms with Gasteiger partial charge in [0, 0.05) is 24.0 Å². The first-order chi connectivity index (χ1) is 9.94. The van der Waals surface area contributed by atoms with Gasteiger partial charge in [-0.05, 0) is 24.6 Å². The van der Waals surface area contributed by atoms with E-state index in [0.29, 0.717) is 11.1 Å². The third kappa shape index (κ3) is 3.67. The van der Waals surface area contributed by atoms with Crippen LogP contribution >= 0.6 is 11.3 Å². The number of benzene rings is 1. The summed E-state index contributed by atoms with van der Waals surface area (Å²) in [7, 11) is -3.63. The van der Waals surface area contributed by atoms with Crippen LogP contribution in [0.2, 0.25) is 0 Å². The lowest BCUT2D eigenvalue weighted by Gasteiger charge is -2.12. The van der Waals surface area contributed by atoms with Gasteiger partial charge in [0.05, 0.1) is 21.5 Å². The fourth-order valence-corrected chi connectivity index (χ4v) is 3.93. The molecule has 0 aliphatic rings. The maximum absolute atomic E-state index is 12.4. The number of nitrogens with one attached hydrogen (secondary N) is 1. The summed E-state index contributed by atoms with van der Waals surface area (Å²) in [5.74, 6) is -0.000712. The molecule has 1 aromatic heterocycles. The number of hydrogen-bond donors (Lipinski definition) is 1. The SMILES string of the molecule is Cc1ccc(C#N)cc1S(=O)(=O)NCC(C)c1nccs1. The van der Waals surface area contributed by atoms with E-state index in [1.54, 1.807) is 25.3 Å². The molecule has 5 nitrogen and oxygen atoms in total. The van der Waals surface area contributed by atoms with E-state index in [-0.39, 0.29) is 17.4 Å². The highest BCUT2D eigenvalue weighted by atomic mass is 32.2. The Morgan fingerprint density at radius 3 is 2.86 bits per heavy atom. The second-order valence-electron chi connectivity index (χ2n) is 4.72. The fourth-order valence-electron chi connectivity index (χ4n) is 1.84. The molecular weight excluding hydrogens is 306 g/mol. The summed E-state index contributed by atoms with van der Waals surface area (Å²) in [4.78, 5) is 4.32. The van der Waals surface area contributed by atoms with Gasteiger partial charge in [-0.25, -0.2) is 18.1 Å². The maximum atomic E-state index is 12.4. The molecule has 1 heterocycles. The Kier molecular flexibility index (Phi) is 4.73. The van der Waals surface area contributed by atoms with E-state index in [2.05, 4.69) is 9.71 Å². The minimum Gasteiger partial charge on any atom is -0.249 e. The Morgan fingerprint density at radius 2 is 2.24 bits per heavy atom. The molecule has 0 fully saturated rings. The summed E-state index contributed by atoms with van der Waals surface area (Å²) in [6, 6.07) is 6.59. The van der Waals surface area contributed by atoms with Gasteiger partial charge in [0.15, 0.2) is 0 Å². The molecule has 7 heteroatoms. The number of sulfonamides is 1. The smallest absolute Gasteiger partial charge is 0.240 e. The molecule has 0 bridgehead atoms. The quantitative estimate of drug-likeness (QED) is 0.916. The van der Waals surface area contributed by atoms with E-state index in [4.69, 9.17) is 5.26 Å². The van der Waals surface area contributed by atoms with Crippen molar-refractivity contribution in [3.8, 4) is 6.07 Å². The topological polar surface area (TPSA) is 82.8 Å². The number of aromatic nitrogens is 1. The third-order valence-electron chi connectivity index (χ3n) is 3.06. The molecule has 2 aromatic rings. The zero-order valence-corrected chi connectivity index (χ0v) is 13.3. The van der Waals surface area contributed by atoms with Crippen molar-refractivity contribution < 1.29 is 8.42 Å². The highest BCUT2D eigenvalue weighted by Crippen LogP contribution is 2.19. The average molecular weight is 321 g/mol. The molecule has 0 spiro atoms. The molecule has 1 aromatic carbocycles. The number of rotatable bonds is 5. The Labute approximate surface area is 128 Å². The van der Waals surface area contributed by atoms with Crippen molar-refractivity contribution in [2.24, 2.45) is 0 Å². The lowest BCUT2D eigenvalue weighted by Crippen LogP contribution is -2.28. The van der Waals surface area contributed by atoms with E-state index in [0.717, 1.165) is 5.01 Å². The number of aryl methyl sites for hydroxylation is 1. The van der Waals surface area contributed by atoms with Gasteiger partial charge in [0.2, 0.25) is 10.0 Å². The van der Waals surface area contributed by atoms with Gasteiger partial charge in [0.25, 0.3) is 0 Å². The van der Waals surface area contributed by atoms with E-state index in [9.17, 15) is 8.42 Å². The monoisotopic (exact) mass is 321 g/mol. The van der Waals surface area contributed by atoms with Crippen LogP contribution in [0, 0.1) is 18.3 Å². The van der Waals surface area contributed by atoms with Gasteiger partial charge in [-0.1, -0.05) is 13.0 Å². The highest BCUT2D eigenvalue weighted by molar-refractivity contribution is 7.89. The molecule has 1 unspecified atom stereocenters. The molecule has 21 heavy (non-hydrogen) atoms. The maximum Gasteiger partial charge on any atom is 0.240 e. The lowest BCUT2D eigenvalue weighted by molar-refractivity contribution is 0.574. The molecule has 110 valence electrons. The Morgan fingerprint density at radius 1 is 1.48 bits per heavy atom. The van der Waals surface area contributed by atoms with Crippen molar-refractivity contribution >= 4 is 21.4 Å². The lowest BCUT2D eigenvalue weighted by atomic mass is 10.2. The molecule has 0 amide bonds. The molecule has 1 atom stereocenters. The molecule has 0 radical (unpaired) electrons. The van der Waals surface area contributed by atoms with Gasteiger partial charge in [-0.15, -0.1) is 11.3 Å². The predicted molar refractivity (Wildman–Crippen MR) is 81.6 cm³/mol. The average Bonchev–Trinajstić information content (AvgIpc) is 2.99. The molecule has 0 aliphatic carbocycles.